The van der Waals surface area contributed by atoms with Crippen LogP contribution in [-0.2, 0) is 0 Å². The molecule has 0 aliphatic carbocycles. The number of carboxylic acid groups (broad SMARTS) is 1. The third-order valence-corrected chi connectivity index (χ3v) is 2.42. The minimum Gasteiger partial charge on any atom is -0.478 e. The lowest BCUT2D eigenvalue weighted by atomic mass is 10.2. The van der Waals surface area contributed by atoms with Gasteiger partial charge in [0.25, 0.3) is 0 Å². The number of carboxylic acids is 1. The molecular formula is C13H10N4O2. The fourth-order valence-electron chi connectivity index (χ4n) is 1.51. The number of anilines is 3. The van der Waals surface area contributed by atoms with Gasteiger partial charge in [-0.2, -0.15) is 5.26 Å². The van der Waals surface area contributed by atoms with Gasteiger partial charge >= 0.3 is 5.97 Å². The van der Waals surface area contributed by atoms with Gasteiger partial charge in [-0.3, -0.25) is 0 Å². The fourth-order valence-corrected chi connectivity index (χ4v) is 1.51. The molecule has 2 aromatic rings. The average molecular weight is 254 g/mol. The van der Waals surface area contributed by atoms with E-state index in [-0.39, 0.29) is 17.1 Å². The Balaban J connectivity index is 2.32. The Labute approximate surface area is 109 Å². The highest BCUT2D eigenvalue weighted by Gasteiger charge is 2.12. The molecule has 1 aromatic carbocycles. The summed E-state index contributed by atoms with van der Waals surface area (Å²) in [6, 6.07) is 9.92. The van der Waals surface area contributed by atoms with Gasteiger partial charge in [-0.15, -0.1) is 0 Å². The Kier molecular flexibility index (Phi) is 3.30. The normalized spacial score (nSPS) is 9.63. The van der Waals surface area contributed by atoms with Crippen molar-refractivity contribution in [3.05, 3.63) is 47.7 Å². The van der Waals surface area contributed by atoms with Crippen molar-refractivity contribution in [3.63, 3.8) is 0 Å². The highest BCUT2D eigenvalue weighted by Crippen LogP contribution is 2.20. The van der Waals surface area contributed by atoms with Crippen LogP contribution in [-0.4, -0.2) is 16.1 Å². The summed E-state index contributed by atoms with van der Waals surface area (Å²) in [6.45, 7) is 0. The van der Waals surface area contributed by atoms with E-state index in [0.29, 0.717) is 11.3 Å². The molecule has 0 fully saturated rings. The van der Waals surface area contributed by atoms with Crippen LogP contribution >= 0.6 is 0 Å². The second-order valence-electron chi connectivity index (χ2n) is 3.78. The molecule has 94 valence electrons. The van der Waals surface area contributed by atoms with Crippen molar-refractivity contribution in [3.8, 4) is 6.07 Å². The number of carbonyl (C=O) groups is 1. The molecule has 0 spiro atoms. The number of nitrogen functional groups attached to an aromatic ring is 1. The molecule has 2 rings (SSSR count). The molecule has 1 heterocycles. The molecular weight excluding hydrogens is 244 g/mol. The predicted molar refractivity (Wildman–Crippen MR) is 70.0 cm³/mol. The summed E-state index contributed by atoms with van der Waals surface area (Å²) < 4.78 is 0. The van der Waals surface area contributed by atoms with Crippen LogP contribution in [0.3, 0.4) is 0 Å². The van der Waals surface area contributed by atoms with Crippen molar-refractivity contribution in [1.82, 2.24) is 4.98 Å². The number of nitrogens with two attached hydrogens (primary N) is 1. The summed E-state index contributed by atoms with van der Waals surface area (Å²) in [4.78, 5) is 15.0. The van der Waals surface area contributed by atoms with Gasteiger partial charge in [-0.25, -0.2) is 9.78 Å². The lowest BCUT2D eigenvalue weighted by Gasteiger charge is -2.09. The van der Waals surface area contributed by atoms with Crippen molar-refractivity contribution in [2.75, 3.05) is 11.1 Å². The molecule has 0 unspecified atom stereocenters. The van der Waals surface area contributed by atoms with Gasteiger partial charge in [0.15, 0.2) is 0 Å². The van der Waals surface area contributed by atoms with Gasteiger partial charge < -0.3 is 16.2 Å². The summed E-state index contributed by atoms with van der Waals surface area (Å²) in [7, 11) is 0. The summed E-state index contributed by atoms with van der Waals surface area (Å²) in [5.74, 6) is -0.914. The number of nitrogens with one attached hydrogen (secondary N) is 1. The summed E-state index contributed by atoms with van der Waals surface area (Å²) in [5, 5.41) is 20.6. The topological polar surface area (TPSA) is 112 Å². The van der Waals surface area contributed by atoms with Gasteiger partial charge in [0.05, 0.1) is 23.5 Å². The molecule has 0 saturated carbocycles. The van der Waals surface area contributed by atoms with E-state index in [4.69, 9.17) is 16.1 Å². The van der Waals surface area contributed by atoms with E-state index in [1.165, 1.54) is 12.3 Å². The highest BCUT2D eigenvalue weighted by molar-refractivity contribution is 5.94. The van der Waals surface area contributed by atoms with Gasteiger partial charge in [-0.1, -0.05) is 0 Å². The number of benzene rings is 1. The summed E-state index contributed by atoms with van der Waals surface area (Å²) in [5.41, 5.74) is 6.94. The zero-order chi connectivity index (χ0) is 13.8. The van der Waals surface area contributed by atoms with Crippen molar-refractivity contribution in [2.45, 2.75) is 0 Å². The Morgan fingerprint density at radius 1 is 1.37 bits per heavy atom. The van der Waals surface area contributed by atoms with E-state index >= 15 is 0 Å². The smallest absolute Gasteiger partial charge is 0.339 e. The minimum absolute atomic E-state index is 0.00985. The van der Waals surface area contributed by atoms with Crippen LogP contribution in [0, 0.1) is 11.3 Å². The van der Waals surface area contributed by atoms with Crippen molar-refractivity contribution >= 4 is 23.2 Å². The highest BCUT2D eigenvalue weighted by atomic mass is 16.4. The lowest BCUT2D eigenvalue weighted by molar-refractivity contribution is 0.0697. The molecule has 0 radical (unpaired) electrons. The van der Waals surface area contributed by atoms with Crippen LogP contribution in [0.15, 0.2) is 36.5 Å². The van der Waals surface area contributed by atoms with Crippen LogP contribution < -0.4 is 11.1 Å². The first-order chi connectivity index (χ1) is 9.10. The maximum atomic E-state index is 11.1. The van der Waals surface area contributed by atoms with Gasteiger partial charge in [0.2, 0.25) is 0 Å². The largest absolute Gasteiger partial charge is 0.478 e. The van der Waals surface area contributed by atoms with Crippen LogP contribution in [0.5, 0.6) is 0 Å². The zero-order valence-corrected chi connectivity index (χ0v) is 9.79. The van der Waals surface area contributed by atoms with E-state index in [9.17, 15) is 4.79 Å². The standard InChI is InChI=1S/C13H10N4O2/c14-6-8-1-3-10(4-2-8)17-12-11(13(18)19)5-9(15)7-16-12/h1-5,7H,15H2,(H,16,17)(H,18,19). The number of aromatic carboxylic acids is 1. The van der Waals surface area contributed by atoms with Crippen molar-refractivity contribution in [2.24, 2.45) is 0 Å². The van der Waals surface area contributed by atoms with E-state index in [0.717, 1.165) is 0 Å². The minimum atomic E-state index is -1.11. The van der Waals surface area contributed by atoms with Crippen LogP contribution in [0.4, 0.5) is 17.2 Å². The van der Waals surface area contributed by atoms with E-state index in [2.05, 4.69) is 10.3 Å². The van der Waals surface area contributed by atoms with Crippen LogP contribution in [0.2, 0.25) is 0 Å². The number of rotatable bonds is 3. The molecule has 19 heavy (non-hydrogen) atoms. The molecule has 0 aliphatic rings. The molecule has 0 aliphatic heterocycles. The first-order valence-corrected chi connectivity index (χ1v) is 5.36. The molecule has 0 atom stereocenters. The zero-order valence-electron chi connectivity index (χ0n) is 9.79. The maximum Gasteiger partial charge on any atom is 0.339 e. The molecule has 0 saturated heterocycles. The monoisotopic (exact) mass is 254 g/mol. The van der Waals surface area contributed by atoms with Crippen molar-refractivity contribution in [1.29, 1.82) is 5.26 Å². The third-order valence-electron chi connectivity index (χ3n) is 2.42. The van der Waals surface area contributed by atoms with Crippen LogP contribution in [0.1, 0.15) is 15.9 Å². The van der Waals surface area contributed by atoms with E-state index < -0.39 is 5.97 Å². The summed E-state index contributed by atoms with van der Waals surface area (Å²) in [6.07, 6.45) is 1.37. The third kappa shape index (κ3) is 2.79. The average Bonchev–Trinajstić information content (AvgIpc) is 2.41. The van der Waals surface area contributed by atoms with E-state index in [1.807, 2.05) is 6.07 Å². The molecule has 6 heteroatoms. The number of nitriles is 1. The quantitative estimate of drug-likeness (QED) is 0.772. The van der Waals surface area contributed by atoms with Gasteiger partial charge in [0.1, 0.15) is 11.4 Å². The number of hydrogen-bond donors (Lipinski definition) is 3. The number of pyridine rings is 1. The Bertz CT molecular complexity index is 659. The molecule has 1 aromatic heterocycles. The number of hydrogen-bond acceptors (Lipinski definition) is 5. The Morgan fingerprint density at radius 2 is 2.05 bits per heavy atom. The molecule has 4 N–H and O–H groups in total. The molecule has 0 bridgehead atoms. The lowest BCUT2D eigenvalue weighted by Crippen LogP contribution is -2.06. The van der Waals surface area contributed by atoms with E-state index in [1.54, 1.807) is 24.3 Å². The number of aromatic nitrogens is 1. The first kappa shape index (κ1) is 12.4. The molecule has 6 nitrogen and oxygen atoms in total. The second kappa shape index (κ2) is 5.06. The molecule has 0 amide bonds. The first-order valence-electron chi connectivity index (χ1n) is 5.36. The number of nitrogens with zero attached hydrogens (tertiary/aromatic N) is 2. The second-order valence-corrected chi connectivity index (χ2v) is 3.78. The Morgan fingerprint density at radius 3 is 2.63 bits per heavy atom. The SMILES string of the molecule is N#Cc1ccc(Nc2ncc(N)cc2C(=O)O)cc1. The van der Waals surface area contributed by atoms with Gasteiger partial charge in [0, 0.05) is 5.69 Å². The summed E-state index contributed by atoms with van der Waals surface area (Å²) >= 11 is 0. The fraction of sp³-hybridized carbons (Fsp3) is 0. The predicted octanol–water partition coefficient (Wildman–Crippen LogP) is 1.98. The van der Waals surface area contributed by atoms with Crippen LogP contribution in [0.25, 0.3) is 0 Å². The van der Waals surface area contributed by atoms with Gasteiger partial charge in [-0.05, 0) is 30.3 Å². The Hall–Kier alpha value is -3.07. The van der Waals surface area contributed by atoms with Crippen molar-refractivity contribution < 1.29 is 9.90 Å². The maximum absolute atomic E-state index is 11.1.